The van der Waals surface area contributed by atoms with Gasteiger partial charge in [-0.1, -0.05) is 47.3 Å². The fourth-order valence-electron chi connectivity index (χ4n) is 2.79. The summed E-state index contributed by atoms with van der Waals surface area (Å²) in [6.45, 7) is 0. The van der Waals surface area contributed by atoms with Crippen molar-refractivity contribution in [2.75, 3.05) is 17.7 Å². The minimum absolute atomic E-state index is 0.0210. The van der Waals surface area contributed by atoms with Crippen LogP contribution in [0.4, 0.5) is 5.69 Å². The topological polar surface area (TPSA) is 49.4 Å². The SMILES string of the molecule is CN(C(=O)c1ccccc1NC(=O)CBr)C1CCCCC1. The number of carbonyl (C=O) groups excluding carboxylic acids is 2. The van der Waals surface area contributed by atoms with Crippen molar-refractivity contribution in [2.24, 2.45) is 0 Å². The van der Waals surface area contributed by atoms with Crippen molar-refractivity contribution in [2.45, 2.75) is 38.1 Å². The monoisotopic (exact) mass is 352 g/mol. The molecule has 1 N–H and O–H groups in total. The van der Waals surface area contributed by atoms with Crippen LogP contribution in [0.25, 0.3) is 0 Å². The molecule has 1 aromatic rings. The molecule has 4 nitrogen and oxygen atoms in total. The summed E-state index contributed by atoms with van der Waals surface area (Å²) in [6, 6.07) is 7.49. The molecule has 0 unspecified atom stereocenters. The quantitative estimate of drug-likeness (QED) is 0.844. The maximum Gasteiger partial charge on any atom is 0.255 e. The van der Waals surface area contributed by atoms with Crippen molar-refractivity contribution in [3.63, 3.8) is 0 Å². The summed E-state index contributed by atoms with van der Waals surface area (Å²) >= 11 is 3.12. The van der Waals surface area contributed by atoms with Crippen LogP contribution in [0, 0.1) is 0 Å². The van der Waals surface area contributed by atoms with Crippen molar-refractivity contribution in [3.05, 3.63) is 29.8 Å². The van der Waals surface area contributed by atoms with Gasteiger partial charge in [-0.25, -0.2) is 0 Å². The zero-order valence-electron chi connectivity index (χ0n) is 12.3. The van der Waals surface area contributed by atoms with Crippen LogP contribution < -0.4 is 5.32 Å². The van der Waals surface area contributed by atoms with E-state index in [1.165, 1.54) is 19.3 Å². The van der Waals surface area contributed by atoms with E-state index in [2.05, 4.69) is 21.2 Å². The number of hydrogen-bond donors (Lipinski definition) is 1. The second kappa shape index (κ2) is 7.59. The zero-order valence-corrected chi connectivity index (χ0v) is 13.9. The van der Waals surface area contributed by atoms with Crippen molar-refractivity contribution >= 4 is 33.4 Å². The summed E-state index contributed by atoms with van der Waals surface area (Å²) in [5.41, 5.74) is 1.13. The summed E-state index contributed by atoms with van der Waals surface area (Å²) in [6.07, 6.45) is 5.77. The van der Waals surface area contributed by atoms with Crippen molar-refractivity contribution < 1.29 is 9.59 Å². The standard InChI is InChI=1S/C16H21BrN2O2/c1-19(12-7-3-2-4-8-12)16(21)13-9-5-6-10-14(13)18-15(20)11-17/h5-6,9-10,12H,2-4,7-8,11H2,1H3,(H,18,20). The van der Waals surface area contributed by atoms with Gasteiger partial charge in [0.2, 0.25) is 5.91 Å². The highest BCUT2D eigenvalue weighted by Crippen LogP contribution is 2.25. The van der Waals surface area contributed by atoms with E-state index in [-0.39, 0.29) is 17.1 Å². The number of carbonyl (C=O) groups is 2. The molecule has 114 valence electrons. The van der Waals surface area contributed by atoms with Crippen molar-refractivity contribution in [1.29, 1.82) is 0 Å². The van der Waals surface area contributed by atoms with E-state index in [0.29, 0.717) is 17.3 Å². The van der Waals surface area contributed by atoms with E-state index >= 15 is 0 Å². The summed E-state index contributed by atoms with van der Waals surface area (Å²) in [4.78, 5) is 26.1. The van der Waals surface area contributed by atoms with Crippen LogP contribution >= 0.6 is 15.9 Å². The van der Waals surface area contributed by atoms with Crippen LogP contribution in [0.1, 0.15) is 42.5 Å². The molecular weight excluding hydrogens is 332 g/mol. The Labute approximate surface area is 134 Å². The Morgan fingerprint density at radius 2 is 1.90 bits per heavy atom. The maximum absolute atomic E-state index is 12.7. The first-order chi connectivity index (χ1) is 10.1. The number of halogens is 1. The van der Waals surface area contributed by atoms with E-state index in [9.17, 15) is 9.59 Å². The van der Waals surface area contributed by atoms with Gasteiger partial charge < -0.3 is 10.2 Å². The molecule has 1 aliphatic carbocycles. The molecule has 2 rings (SSSR count). The van der Waals surface area contributed by atoms with E-state index in [1.807, 2.05) is 24.1 Å². The van der Waals surface area contributed by atoms with E-state index in [4.69, 9.17) is 0 Å². The van der Waals surface area contributed by atoms with Crippen LogP contribution in [-0.2, 0) is 4.79 Å². The molecule has 0 spiro atoms. The number of nitrogens with zero attached hydrogens (tertiary/aromatic N) is 1. The Morgan fingerprint density at radius 1 is 1.24 bits per heavy atom. The van der Waals surface area contributed by atoms with Crippen LogP contribution in [0.15, 0.2) is 24.3 Å². The molecule has 0 aliphatic heterocycles. The molecule has 21 heavy (non-hydrogen) atoms. The molecule has 0 saturated heterocycles. The first-order valence-electron chi connectivity index (χ1n) is 7.35. The van der Waals surface area contributed by atoms with Gasteiger partial charge in [-0.15, -0.1) is 0 Å². The lowest BCUT2D eigenvalue weighted by atomic mass is 9.94. The third-order valence-electron chi connectivity index (χ3n) is 4.00. The van der Waals surface area contributed by atoms with Gasteiger partial charge in [0.05, 0.1) is 16.6 Å². The molecular formula is C16H21BrN2O2. The summed E-state index contributed by atoms with van der Waals surface area (Å²) in [7, 11) is 1.86. The third-order valence-corrected chi connectivity index (χ3v) is 4.50. The number of para-hydroxylation sites is 1. The van der Waals surface area contributed by atoms with Crippen LogP contribution in [-0.4, -0.2) is 35.1 Å². The number of hydrogen-bond acceptors (Lipinski definition) is 2. The molecule has 1 fully saturated rings. The lowest BCUT2D eigenvalue weighted by Gasteiger charge is -2.31. The summed E-state index contributed by atoms with van der Waals surface area (Å²) < 4.78 is 0. The van der Waals surface area contributed by atoms with Gasteiger partial charge in [-0.2, -0.15) is 0 Å². The van der Waals surface area contributed by atoms with Gasteiger partial charge in [0, 0.05) is 13.1 Å². The van der Waals surface area contributed by atoms with Crippen LogP contribution in [0.5, 0.6) is 0 Å². The first kappa shape index (κ1) is 16.0. The number of alkyl halides is 1. The van der Waals surface area contributed by atoms with Crippen LogP contribution in [0.3, 0.4) is 0 Å². The Kier molecular flexibility index (Phi) is 5.79. The first-order valence-corrected chi connectivity index (χ1v) is 8.47. The summed E-state index contributed by atoms with van der Waals surface area (Å²) in [5.74, 6) is -0.178. The summed E-state index contributed by atoms with van der Waals surface area (Å²) in [5, 5.41) is 2.98. The van der Waals surface area contributed by atoms with Crippen molar-refractivity contribution in [3.8, 4) is 0 Å². The second-order valence-electron chi connectivity index (χ2n) is 5.44. The molecule has 0 atom stereocenters. The molecule has 0 radical (unpaired) electrons. The number of amides is 2. The highest BCUT2D eigenvalue weighted by atomic mass is 79.9. The highest BCUT2D eigenvalue weighted by Gasteiger charge is 2.24. The van der Waals surface area contributed by atoms with Gasteiger partial charge in [-0.05, 0) is 25.0 Å². The highest BCUT2D eigenvalue weighted by molar-refractivity contribution is 9.09. The number of benzene rings is 1. The lowest BCUT2D eigenvalue weighted by Crippen LogP contribution is -2.38. The van der Waals surface area contributed by atoms with Gasteiger partial charge in [-0.3, -0.25) is 9.59 Å². The van der Waals surface area contributed by atoms with Gasteiger partial charge in [0.15, 0.2) is 0 Å². The lowest BCUT2D eigenvalue weighted by molar-refractivity contribution is -0.113. The molecule has 1 aromatic carbocycles. The molecule has 2 amide bonds. The average Bonchev–Trinajstić information content (AvgIpc) is 2.54. The largest absolute Gasteiger partial charge is 0.339 e. The number of nitrogens with one attached hydrogen (secondary N) is 1. The number of anilines is 1. The fourth-order valence-corrected chi connectivity index (χ4v) is 2.93. The molecule has 1 aliphatic rings. The van der Waals surface area contributed by atoms with Gasteiger partial charge in [0.1, 0.15) is 0 Å². The van der Waals surface area contributed by atoms with E-state index in [0.717, 1.165) is 12.8 Å². The zero-order chi connectivity index (χ0) is 15.2. The Hall–Kier alpha value is -1.36. The Morgan fingerprint density at radius 3 is 2.57 bits per heavy atom. The number of rotatable bonds is 4. The Bertz CT molecular complexity index is 513. The Balaban J connectivity index is 2.16. The third kappa shape index (κ3) is 4.06. The maximum atomic E-state index is 12.7. The predicted molar refractivity (Wildman–Crippen MR) is 87.8 cm³/mol. The van der Waals surface area contributed by atoms with Gasteiger partial charge in [0.25, 0.3) is 5.91 Å². The molecule has 0 bridgehead atoms. The molecule has 5 heteroatoms. The average molecular weight is 353 g/mol. The molecule has 0 aromatic heterocycles. The van der Waals surface area contributed by atoms with E-state index in [1.54, 1.807) is 12.1 Å². The predicted octanol–water partition coefficient (Wildman–Crippen LogP) is 3.42. The van der Waals surface area contributed by atoms with Crippen LogP contribution in [0.2, 0.25) is 0 Å². The minimum Gasteiger partial charge on any atom is -0.339 e. The minimum atomic E-state index is -0.157. The fraction of sp³-hybridized carbons (Fsp3) is 0.500. The molecule has 0 heterocycles. The normalized spacial score (nSPS) is 15.5. The van der Waals surface area contributed by atoms with Gasteiger partial charge >= 0.3 is 0 Å². The molecule has 1 saturated carbocycles. The smallest absolute Gasteiger partial charge is 0.255 e. The van der Waals surface area contributed by atoms with E-state index < -0.39 is 0 Å². The second-order valence-corrected chi connectivity index (χ2v) is 6.00. The van der Waals surface area contributed by atoms with Crippen molar-refractivity contribution in [1.82, 2.24) is 4.90 Å².